The van der Waals surface area contributed by atoms with Gasteiger partial charge in [-0.2, -0.15) is 0 Å². The topological polar surface area (TPSA) is 46.5 Å². The van der Waals surface area contributed by atoms with E-state index in [1.165, 1.54) is 0 Å². The summed E-state index contributed by atoms with van der Waals surface area (Å²) < 4.78 is 5.56. The van der Waals surface area contributed by atoms with Gasteiger partial charge in [0, 0.05) is 6.42 Å². The molecule has 0 spiro atoms. The van der Waals surface area contributed by atoms with E-state index in [9.17, 15) is 9.90 Å². The van der Waals surface area contributed by atoms with Crippen molar-refractivity contribution in [1.29, 1.82) is 0 Å². The second-order valence-corrected chi connectivity index (χ2v) is 3.84. The molecule has 0 amide bonds. The Balaban J connectivity index is 2.91. The molecule has 0 aliphatic carbocycles. The highest BCUT2D eigenvalue weighted by Crippen LogP contribution is 2.21. The number of aliphatic hydroxyl groups excluding tert-OH is 1. The van der Waals surface area contributed by atoms with Crippen molar-refractivity contribution in [3.8, 4) is 5.75 Å². The number of para-hydroxylation sites is 1. The lowest BCUT2D eigenvalue weighted by Gasteiger charge is -2.18. The van der Waals surface area contributed by atoms with E-state index in [1.54, 1.807) is 26.0 Å². The first kappa shape index (κ1) is 12.7. The van der Waals surface area contributed by atoms with Gasteiger partial charge < -0.3 is 9.84 Å². The fourth-order valence-corrected chi connectivity index (χ4v) is 1.29. The maximum absolute atomic E-state index is 11.6. The Morgan fingerprint density at radius 3 is 2.56 bits per heavy atom. The van der Waals surface area contributed by atoms with E-state index in [1.807, 2.05) is 19.1 Å². The summed E-state index contributed by atoms with van der Waals surface area (Å²) in [5, 5.41) is 9.36. The fourth-order valence-electron chi connectivity index (χ4n) is 1.29. The van der Waals surface area contributed by atoms with Crippen molar-refractivity contribution in [1.82, 2.24) is 0 Å². The van der Waals surface area contributed by atoms with Gasteiger partial charge in [0.15, 0.2) is 5.78 Å². The van der Waals surface area contributed by atoms with E-state index in [0.717, 1.165) is 0 Å². The maximum atomic E-state index is 11.6. The minimum atomic E-state index is -0.565. The molecule has 3 nitrogen and oxygen atoms in total. The minimum Gasteiger partial charge on any atom is -0.487 e. The fraction of sp³-hybridized carbons (Fsp3) is 0.462. The first-order valence-corrected chi connectivity index (χ1v) is 5.53. The van der Waals surface area contributed by atoms with Gasteiger partial charge in [0.05, 0.1) is 11.7 Å². The number of carbonyl (C=O) groups excluding carboxylic acids is 1. The number of hydrogen-bond acceptors (Lipinski definition) is 3. The van der Waals surface area contributed by atoms with Gasteiger partial charge in [0.2, 0.25) is 0 Å². The van der Waals surface area contributed by atoms with Crippen LogP contribution in [0.1, 0.15) is 37.6 Å². The monoisotopic (exact) mass is 222 g/mol. The number of hydrogen-bond donors (Lipinski definition) is 1. The molecule has 0 bridgehead atoms. The van der Waals surface area contributed by atoms with Gasteiger partial charge in [-0.1, -0.05) is 19.1 Å². The Bertz CT molecular complexity index is 358. The van der Waals surface area contributed by atoms with Gasteiger partial charge in [0.1, 0.15) is 11.9 Å². The van der Waals surface area contributed by atoms with Crippen LogP contribution in [0.15, 0.2) is 24.3 Å². The lowest BCUT2D eigenvalue weighted by molar-refractivity contribution is 0.0593. The molecule has 88 valence electrons. The number of ketones is 1. The number of aliphatic hydroxyl groups is 1. The molecule has 1 N–H and O–H groups in total. The molecule has 1 aromatic carbocycles. The molecule has 0 aliphatic rings. The summed E-state index contributed by atoms with van der Waals surface area (Å²) in [6, 6.07) is 7.12. The van der Waals surface area contributed by atoms with Crippen LogP contribution in [0, 0.1) is 0 Å². The molecule has 0 aliphatic heterocycles. The summed E-state index contributed by atoms with van der Waals surface area (Å²) in [5.74, 6) is 0.594. The third-order valence-corrected chi connectivity index (χ3v) is 2.50. The van der Waals surface area contributed by atoms with Crippen molar-refractivity contribution in [3.63, 3.8) is 0 Å². The zero-order valence-electron chi connectivity index (χ0n) is 9.93. The maximum Gasteiger partial charge on any atom is 0.166 e. The first-order valence-electron chi connectivity index (χ1n) is 5.53. The van der Waals surface area contributed by atoms with Gasteiger partial charge in [-0.05, 0) is 26.0 Å². The van der Waals surface area contributed by atoms with Crippen LogP contribution >= 0.6 is 0 Å². The van der Waals surface area contributed by atoms with Crippen LogP contribution in [0.5, 0.6) is 5.75 Å². The van der Waals surface area contributed by atoms with E-state index in [4.69, 9.17) is 4.74 Å². The minimum absolute atomic E-state index is 0.0494. The molecule has 2 unspecified atom stereocenters. The van der Waals surface area contributed by atoms with Crippen molar-refractivity contribution < 1.29 is 14.6 Å². The van der Waals surface area contributed by atoms with Crippen LogP contribution in [0.3, 0.4) is 0 Å². The van der Waals surface area contributed by atoms with Crippen molar-refractivity contribution >= 4 is 5.78 Å². The average molecular weight is 222 g/mol. The van der Waals surface area contributed by atoms with Crippen LogP contribution in [-0.4, -0.2) is 23.1 Å². The summed E-state index contributed by atoms with van der Waals surface area (Å²) in [5.41, 5.74) is 0.581. The number of carbonyl (C=O) groups is 1. The Hall–Kier alpha value is -1.35. The molecule has 0 saturated carbocycles. The summed E-state index contributed by atoms with van der Waals surface area (Å²) >= 11 is 0. The summed E-state index contributed by atoms with van der Waals surface area (Å²) in [7, 11) is 0. The van der Waals surface area contributed by atoms with Crippen LogP contribution < -0.4 is 4.74 Å². The zero-order valence-corrected chi connectivity index (χ0v) is 9.93. The number of ether oxygens (including phenoxy) is 1. The smallest absolute Gasteiger partial charge is 0.166 e. The summed E-state index contributed by atoms with van der Waals surface area (Å²) in [4.78, 5) is 11.6. The highest BCUT2D eigenvalue weighted by Gasteiger charge is 2.15. The summed E-state index contributed by atoms with van der Waals surface area (Å²) in [6.07, 6.45) is -0.445. The molecule has 0 heterocycles. The Labute approximate surface area is 96.1 Å². The van der Waals surface area contributed by atoms with Gasteiger partial charge in [-0.15, -0.1) is 0 Å². The number of Topliss-reactive ketones (excluding diaryl/α,β-unsaturated/α-hetero) is 1. The highest BCUT2D eigenvalue weighted by molar-refractivity contribution is 5.98. The van der Waals surface area contributed by atoms with Crippen LogP contribution in [0.4, 0.5) is 0 Å². The van der Waals surface area contributed by atoms with Gasteiger partial charge in [0.25, 0.3) is 0 Å². The molecule has 1 rings (SSSR count). The molecular weight excluding hydrogens is 204 g/mol. The van der Waals surface area contributed by atoms with Gasteiger partial charge in [-0.3, -0.25) is 4.79 Å². The Morgan fingerprint density at radius 2 is 2.00 bits per heavy atom. The van der Waals surface area contributed by atoms with Gasteiger partial charge in [-0.25, -0.2) is 0 Å². The van der Waals surface area contributed by atoms with E-state index < -0.39 is 6.10 Å². The van der Waals surface area contributed by atoms with Crippen LogP contribution in [0.2, 0.25) is 0 Å². The van der Waals surface area contributed by atoms with Crippen molar-refractivity contribution in [2.24, 2.45) is 0 Å². The van der Waals surface area contributed by atoms with Crippen LogP contribution in [-0.2, 0) is 0 Å². The third kappa shape index (κ3) is 3.07. The number of rotatable bonds is 5. The van der Waals surface area contributed by atoms with Crippen molar-refractivity contribution in [2.75, 3.05) is 0 Å². The second kappa shape index (κ2) is 5.66. The molecule has 2 atom stereocenters. The van der Waals surface area contributed by atoms with Crippen LogP contribution in [0.25, 0.3) is 0 Å². The predicted molar refractivity (Wildman–Crippen MR) is 62.8 cm³/mol. The number of benzene rings is 1. The summed E-state index contributed by atoms with van der Waals surface area (Å²) in [6.45, 7) is 5.25. The predicted octanol–water partition coefficient (Wildman–Crippen LogP) is 2.43. The first-order chi connectivity index (χ1) is 7.56. The standard InChI is InChI=1S/C13H18O3/c1-4-12(15)11-7-5-6-8-13(11)16-10(3)9(2)14/h5-10,14H,4H2,1-3H3. The van der Waals surface area contributed by atoms with Crippen molar-refractivity contribution in [2.45, 2.75) is 39.4 Å². The average Bonchev–Trinajstić information content (AvgIpc) is 2.28. The lowest BCUT2D eigenvalue weighted by atomic mass is 10.1. The molecule has 0 radical (unpaired) electrons. The molecule has 16 heavy (non-hydrogen) atoms. The SMILES string of the molecule is CCC(=O)c1ccccc1OC(C)C(C)O. The zero-order chi connectivity index (χ0) is 12.1. The second-order valence-electron chi connectivity index (χ2n) is 3.84. The van der Waals surface area contributed by atoms with E-state index in [-0.39, 0.29) is 11.9 Å². The lowest BCUT2D eigenvalue weighted by Crippen LogP contribution is -2.26. The Morgan fingerprint density at radius 1 is 1.38 bits per heavy atom. The molecule has 3 heteroatoms. The van der Waals surface area contributed by atoms with E-state index in [0.29, 0.717) is 17.7 Å². The quantitative estimate of drug-likeness (QED) is 0.778. The Kier molecular flexibility index (Phi) is 4.50. The normalized spacial score (nSPS) is 14.2. The molecule has 0 saturated heterocycles. The van der Waals surface area contributed by atoms with Gasteiger partial charge >= 0.3 is 0 Å². The molecule has 0 aromatic heterocycles. The largest absolute Gasteiger partial charge is 0.487 e. The highest BCUT2D eigenvalue weighted by atomic mass is 16.5. The van der Waals surface area contributed by atoms with E-state index in [2.05, 4.69) is 0 Å². The third-order valence-electron chi connectivity index (χ3n) is 2.50. The molecule has 0 fully saturated rings. The molecular formula is C13H18O3. The van der Waals surface area contributed by atoms with E-state index >= 15 is 0 Å². The molecule has 1 aromatic rings. The van der Waals surface area contributed by atoms with Crippen molar-refractivity contribution in [3.05, 3.63) is 29.8 Å².